The lowest BCUT2D eigenvalue weighted by molar-refractivity contribution is 0.406. The van der Waals surface area contributed by atoms with Gasteiger partial charge in [0.25, 0.3) is 0 Å². The van der Waals surface area contributed by atoms with Gasteiger partial charge in [-0.2, -0.15) is 0 Å². The van der Waals surface area contributed by atoms with E-state index in [1.165, 1.54) is 0 Å². The van der Waals surface area contributed by atoms with Crippen molar-refractivity contribution >= 4 is 5.69 Å². The van der Waals surface area contributed by atoms with Gasteiger partial charge in [-0.3, -0.25) is 0 Å². The number of phenolic OH excluding ortho intramolecular Hbond substituents is 1. The molecule has 0 aliphatic heterocycles. The van der Waals surface area contributed by atoms with Gasteiger partial charge in [0.15, 0.2) is 0 Å². The largest absolute Gasteiger partial charge is 0.508 e. The van der Waals surface area contributed by atoms with Crippen LogP contribution in [0.5, 0.6) is 5.75 Å². The molecule has 0 amide bonds. The van der Waals surface area contributed by atoms with Crippen molar-refractivity contribution in [1.29, 1.82) is 0 Å². The standard InChI is InChI=1S/C10H16N2O/c1-12(2)6-5-8-3-4-9(11)7-10(8)13/h3-4,7,13H,5-6,11H2,1-2H3. The van der Waals surface area contributed by atoms with E-state index in [0.29, 0.717) is 11.4 Å². The fourth-order valence-corrected chi connectivity index (χ4v) is 1.14. The van der Waals surface area contributed by atoms with Crippen molar-refractivity contribution in [2.45, 2.75) is 6.42 Å². The Kier molecular flexibility index (Phi) is 3.14. The van der Waals surface area contributed by atoms with Crippen LogP contribution in [0.4, 0.5) is 5.69 Å². The lowest BCUT2D eigenvalue weighted by Gasteiger charge is -2.10. The van der Waals surface area contributed by atoms with Crippen LogP contribution in [0.25, 0.3) is 0 Å². The quantitative estimate of drug-likeness (QED) is 0.684. The zero-order valence-corrected chi connectivity index (χ0v) is 8.12. The second kappa shape index (κ2) is 4.14. The molecule has 0 aromatic heterocycles. The Balaban J connectivity index is 2.67. The second-order valence-corrected chi connectivity index (χ2v) is 3.44. The van der Waals surface area contributed by atoms with Crippen LogP contribution in [-0.2, 0) is 6.42 Å². The fraction of sp³-hybridized carbons (Fsp3) is 0.400. The Bertz CT molecular complexity index is 284. The molecule has 0 saturated carbocycles. The van der Waals surface area contributed by atoms with Gasteiger partial charge in [0.2, 0.25) is 0 Å². The summed E-state index contributed by atoms with van der Waals surface area (Å²) in [6.07, 6.45) is 0.846. The van der Waals surface area contributed by atoms with Crippen LogP contribution in [0.2, 0.25) is 0 Å². The van der Waals surface area contributed by atoms with Gasteiger partial charge in [-0.15, -0.1) is 0 Å². The lowest BCUT2D eigenvalue weighted by Crippen LogP contribution is -2.15. The molecule has 0 aliphatic carbocycles. The number of hydrogen-bond acceptors (Lipinski definition) is 3. The van der Waals surface area contributed by atoms with Crippen LogP contribution < -0.4 is 5.73 Å². The molecule has 3 nitrogen and oxygen atoms in total. The van der Waals surface area contributed by atoms with Crippen molar-refractivity contribution < 1.29 is 5.11 Å². The third-order valence-electron chi connectivity index (χ3n) is 1.94. The van der Waals surface area contributed by atoms with E-state index >= 15 is 0 Å². The molecular weight excluding hydrogens is 164 g/mol. The summed E-state index contributed by atoms with van der Waals surface area (Å²) in [5.41, 5.74) is 7.06. The third kappa shape index (κ3) is 2.95. The van der Waals surface area contributed by atoms with E-state index < -0.39 is 0 Å². The van der Waals surface area contributed by atoms with Crippen molar-refractivity contribution in [3.8, 4) is 5.75 Å². The summed E-state index contributed by atoms with van der Waals surface area (Å²) in [6.45, 7) is 0.928. The first-order valence-electron chi connectivity index (χ1n) is 4.31. The molecule has 0 spiro atoms. The highest BCUT2D eigenvalue weighted by molar-refractivity contribution is 5.47. The van der Waals surface area contributed by atoms with Crippen molar-refractivity contribution in [2.24, 2.45) is 0 Å². The van der Waals surface area contributed by atoms with Crippen molar-refractivity contribution in [3.63, 3.8) is 0 Å². The number of phenols is 1. The molecule has 72 valence electrons. The Hall–Kier alpha value is -1.22. The van der Waals surface area contributed by atoms with Gasteiger partial charge >= 0.3 is 0 Å². The molecule has 1 aromatic rings. The van der Waals surface area contributed by atoms with Gasteiger partial charge in [-0.25, -0.2) is 0 Å². The molecular formula is C10H16N2O. The van der Waals surface area contributed by atoms with Crippen molar-refractivity contribution in [2.75, 3.05) is 26.4 Å². The number of aromatic hydroxyl groups is 1. The molecule has 3 N–H and O–H groups in total. The Morgan fingerprint density at radius 3 is 2.62 bits per heavy atom. The minimum atomic E-state index is 0.293. The molecule has 0 saturated heterocycles. The number of anilines is 1. The van der Waals surface area contributed by atoms with Crippen molar-refractivity contribution in [1.82, 2.24) is 4.90 Å². The van der Waals surface area contributed by atoms with Gasteiger partial charge in [0.1, 0.15) is 5.75 Å². The van der Waals surface area contributed by atoms with Gasteiger partial charge in [0.05, 0.1) is 0 Å². The Labute approximate surface area is 78.8 Å². The van der Waals surface area contributed by atoms with E-state index in [0.717, 1.165) is 18.5 Å². The zero-order chi connectivity index (χ0) is 9.84. The number of nitrogens with zero attached hydrogens (tertiary/aromatic N) is 1. The maximum atomic E-state index is 9.51. The van der Waals surface area contributed by atoms with Crippen LogP contribution >= 0.6 is 0 Å². The van der Waals surface area contributed by atoms with Gasteiger partial charge < -0.3 is 15.7 Å². The smallest absolute Gasteiger partial charge is 0.120 e. The molecule has 0 fully saturated rings. The molecule has 0 bridgehead atoms. The fourth-order valence-electron chi connectivity index (χ4n) is 1.14. The van der Waals surface area contributed by atoms with Crippen LogP contribution in [0, 0.1) is 0 Å². The highest BCUT2D eigenvalue weighted by Gasteiger charge is 2.01. The highest BCUT2D eigenvalue weighted by atomic mass is 16.3. The number of nitrogens with two attached hydrogens (primary N) is 1. The van der Waals surface area contributed by atoms with E-state index in [4.69, 9.17) is 5.73 Å². The first-order chi connectivity index (χ1) is 6.09. The van der Waals surface area contributed by atoms with E-state index in [1.807, 2.05) is 26.2 Å². The lowest BCUT2D eigenvalue weighted by atomic mass is 10.1. The summed E-state index contributed by atoms with van der Waals surface area (Å²) in [5.74, 6) is 0.293. The number of likely N-dealkylation sites (N-methyl/N-ethyl adjacent to an activating group) is 1. The Morgan fingerprint density at radius 2 is 2.08 bits per heavy atom. The average molecular weight is 180 g/mol. The summed E-state index contributed by atoms with van der Waals surface area (Å²) in [7, 11) is 4.02. The van der Waals surface area contributed by atoms with Crippen LogP contribution in [0.15, 0.2) is 18.2 Å². The third-order valence-corrected chi connectivity index (χ3v) is 1.94. The highest BCUT2D eigenvalue weighted by Crippen LogP contribution is 2.20. The molecule has 0 atom stereocenters. The van der Waals surface area contributed by atoms with Gasteiger partial charge in [-0.1, -0.05) is 6.07 Å². The van der Waals surface area contributed by atoms with Crippen LogP contribution in [0.1, 0.15) is 5.56 Å². The maximum Gasteiger partial charge on any atom is 0.120 e. The molecule has 3 heteroatoms. The first-order valence-corrected chi connectivity index (χ1v) is 4.31. The topological polar surface area (TPSA) is 49.5 Å². The molecule has 0 heterocycles. The summed E-state index contributed by atoms with van der Waals surface area (Å²) in [5, 5.41) is 9.51. The number of nitrogen functional groups attached to an aromatic ring is 1. The maximum absolute atomic E-state index is 9.51. The monoisotopic (exact) mass is 180 g/mol. The predicted octanol–water partition coefficient (Wildman–Crippen LogP) is 1.08. The molecule has 1 rings (SSSR count). The van der Waals surface area contributed by atoms with E-state index in [2.05, 4.69) is 4.90 Å². The molecule has 1 aromatic carbocycles. The molecule has 0 unspecified atom stereocenters. The minimum Gasteiger partial charge on any atom is -0.508 e. The normalized spacial score (nSPS) is 10.7. The molecule has 0 radical (unpaired) electrons. The zero-order valence-electron chi connectivity index (χ0n) is 8.12. The average Bonchev–Trinajstić information content (AvgIpc) is 2.02. The summed E-state index contributed by atoms with van der Waals surface area (Å²) in [4.78, 5) is 2.08. The van der Waals surface area contributed by atoms with Crippen LogP contribution in [-0.4, -0.2) is 30.6 Å². The summed E-state index contributed by atoms with van der Waals surface area (Å²) < 4.78 is 0. The first kappa shape index (κ1) is 9.86. The van der Waals surface area contributed by atoms with Crippen LogP contribution in [0.3, 0.4) is 0 Å². The predicted molar refractivity (Wildman–Crippen MR) is 54.8 cm³/mol. The van der Waals surface area contributed by atoms with Gasteiger partial charge in [0, 0.05) is 18.3 Å². The number of benzene rings is 1. The SMILES string of the molecule is CN(C)CCc1ccc(N)cc1O. The van der Waals surface area contributed by atoms with E-state index in [1.54, 1.807) is 6.07 Å². The Morgan fingerprint density at radius 1 is 1.38 bits per heavy atom. The number of hydrogen-bond donors (Lipinski definition) is 2. The second-order valence-electron chi connectivity index (χ2n) is 3.44. The van der Waals surface area contributed by atoms with E-state index in [-0.39, 0.29) is 0 Å². The molecule has 13 heavy (non-hydrogen) atoms. The number of rotatable bonds is 3. The summed E-state index contributed by atoms with van der Waals surface area (Å²) in [6, 6.07) is 5.27. The van der Waals surface area contributed by atoms with Crippen molar-refractivity contribution in [3.05, 3.63) is 23.8 Å². The summed E-state index contributed by atoms with van der Waals surface area (Å²) >= 11 is 0. The van der Waals surface area contributed by atoms with E-state index in [9.17, 15) is 5.11 Å². The molecule has 0 aliphatic rings. The van der Waals surface area contributed by atoms with Gasteiger partial charge in [-0.05, 0) is 32.1 Å². The minimum absolute atomic E-state index is 0.293.